The minimum atomic E-state index is -0.327. The molecule has 1 aliphatic heterocycles. The number of hydrogen-bond donors (Lipinski definition) is 0. The Morgan fingerprint density at radius 1 is 0.875 bits per heavy atom. The van der Waals surface area contributed by atoms with Crippen LogP contribution in [0, 0.1) is 0 Å². The van der Waals surface area contributed by atoms with Crippen molar-refractivity contribution in [1.29, 1.82) is 0 Å². The molecule has 32 heavy (non-hydrogen) atoms. The lowest BCUT2D eigenvalue weighted by molar-refractivity contribution is 0.00578. The zero-order valence-electron chi connectivity index (χ0n) is 18.9. The van der Waals surface area contributed by atoms with Crippen LogP contribution in [0.1, 0.15) is 39.0 Å². The Morgan fingerprint density at radius 2 is 1.59 bits per heavy atom. The van der Waals surface area contributed by atoms with E-state index < -0.39 is 0 Å². The van der Waals surface area contributed by atoms with Crippen LogP contribution in [-0.2, 0) is 15.7 Å². The topological polar surface area (TPSA) is 31.6 Å². The second kappa shape index (κ2) is 5.95. The van der Waals surface area contributed by atoms with Gasteiger partial charge in [0, 0.05) is 27.7 Å². The van der Waals surface area contributed by atoms with Crippen molar-refractivity contribution in [3.8, 4) is 22.3 Å². The first-order chi connectivity index (χ1) is 15.3. The SMILES string of the molecule is CC1(C)OB(C2C=Cc3oc4c5c6c(cccc6cc4c3C2)-c2ccccc2-5)OC1(C)C. The zero-order chi connectivity index (χ0) is 21.8. The normalized spacial score (nSPS) is 22.0. The fourth-order valence-electron chi connectivity index (χ4n) is 5.60. The Balaban J connectivity index is 1.39. The fraction of sp³-hybridized carbons (Fsp3) is 0.286. The molecule has 0 saturated carbocycles. The van der Waals surface area contributed by atoms with Crippen molar-refractivity contribution >= 4 is 34.9 Å². The highest BCUT2D eigenvalue weighted by Crippen LogP contribution is 2.52. The molecule has 0 amide bonds. The summed E-state index contributed by atoms with van der Waals surface area (Å²) in [7, 11) is -0.253. The van der Waals surface area contributed by atoms with Gasteiger partial charge in [0.1, 0.15) is 11.3 Å². The maximum Gasteiger partial charge on any atom is 0.465 e. The molecule has 1 unspecified atom stereocenters. The molecule has 0 spiro atoms. The Bertz CT molecular complexity index is 1460. The van der Waals surface area contributed by atoms with Crippen LogP contribution >= 0.6 is 0 Å². The van der Waals surface area contributed by atoms with Crippen LogP contribution in [0.5, 0.6) is 0 Å². The molecule has 1 fully saturated rings. The minimum Gasteiger partial charge on any atom is -0.456 e. The van der Waals surface area contributed by atoms with E-state index in [4.69, 9.17) is 13.7 Å². The van der Waals surface area contributed by atoms with Crippen LogP contribution in [-0.4, -0.2) is 18.3 Å². The van der Waals surface area contributed by atoms with E-state index in [0.717, 1.165) is 17.8 Å². The maximum absolute atomic E-state index is 6.54. The molecule has 1 atom stereocenters. The Hall–Kier alpha value is -2.82. The van der Waals surface area contributed by atoms with Crippen LogP contribution in [0.3, 0.4) is 0 Å². The lowest BCUT2D eigenvalue weighted by Gasteiger charge is -2.32. The van der Waals surface area contributed by atoms with Crippen molar-refractivity contribution in [2.24, 2.45) is 0 Å². The van der Waals surface area contributed by atoms with Gasteiger partial charge in [0.25, 0.3) is 0 Å². The van der Waals surface area contributed by atoms with E-state index in [2.05, 4.69) is 88.4 Å². The average Bonchev–Trinajstić information content (AvgIpc) is 3.37. The van der Waals surface area contributed by atoms with Crippen molar-refractivity contribution in [1.82, 2.24) is 0 Å². The molecule has 3 aromatic carbocycles. The van der Waals surface area contributed by atoms with Crippen molar-refractivity contribution in [3.05, 3.63) is 65.9 Å². The molecule has 7 rings (SSSR count). The van der Waals surface area contributed by atoms with E-state index in [1.165, 1.54) is 44.0 Å². The Labute approximate surface area is 188 Å². The van der Waals surface area contributed by atoms with E-state index in [1.54, 1.807) is 0 Å². The summed E-state index contributed by atoms with van der Waals surface area (Å²) in [4.78, 5) is 0. The molecule has 3 aliphatic rings. The molecule has 0 radical (unpaired) electrons. The molecule has 4 aromatic rings. The number of allylic oxidation sites excluding steroid dienone is 1. The van der Waals surface area contributed by atoms with Crippen LogP contribution in [0.25, 0.3) is 50.1 Å². The molecule has 0 N–H and O–H groups in total. The van der Waals surface area contributed by atoms with Crippen molar-refractivity contribution < 1.29 is 13.7 Å². The first-order valence-electron chi connectivity index (χ1n) is 11.5. The number of benzene rings is 3. The van der Waals surface area contributed by atoms with E-state index in [0.29, 0.717) is 0 Å². The van der Waals surface area contributed by atoms with Gasteiger partial charge in [-0.2, -0.15) is 0 Å². The monoisotopic (exact) mass is 420 g/mol. The number of rotatable bonds is 1. The largest absolute Gasteiger partial charge is 0.465 e. The molecular formula is C28H25BO3. The molecular weight excluding hydrogens is 395 g/mol. The second-order valence-corrected chi connectivity index (χ2v) is 10.4. The van der Waals surface area contributed by atoms with Gasteiger partial charge < -0.3 is 13.7 Å². The summed E-state index contributed by atoms with van der Waals surface area (Å²) in [5, 5.41) is 3.78. The third-order valence-corrected chi connectivity index (χ3v) is 8.00. The van der Waals surface area contributed by atoms with Gasteiger partial charge >= 0.3 is 7.12 Å². The minimum absolute atomic E-state index is 0.159. The van der Waals surface area contributed by atoms with Crippen LogP contribution in [0.4, 0.5) is 0 Å². The summed E-state index contributed by atoms with van der Waals surface area (Å²) in [5.41, 5.74) is 6.70. The molecule has 2 heterocycles. The van der Waals surface area contributed by atoms with Crippen molar-refractivity contribution in [2.75, 3.05) is 0 Å². The Kier molecular flexibility index (Phi) is 3.48. The quantitative estimate of drug-likeness (QED) is 0.267. The molecule has 0 bridgehead atoms. The van der Waals surface area contributed by atoms with Gasteiger partial charge in [0.15, 0.2) is 0 Å². The standard InChI is InChI=1S/C28H25BO3/c1-27(2)28(3,4)32-29(31-27)17-12-13-23-21(15-17)22-14-16-8-7-11-19-18-9-5-6-10-20(18)25(24(16)19)26(22)30-23/h5-14,17H,15H2,1-4H3. The number of furan rings is 1. The third-order valence-electron chi connectivity index (χ3n) is 8.00. The van der Waals surface area contributed by atoms with E-state index >= 15 is 0 Å². The van der Waals surface area contributed by atoms with E-state index in [9.17, 15) is 0 Å². The number of fused-ring (bicyclic) bond motifs is 7. The predicted octanol–water partition coefficient (Wildman–Crippen LogP) is 7.27. The van der Waals surface area contributed by atoms with Gasteiger partial charge in [-0.25, -0.2) is 0 Å². The zero-order valence-corrected chi connectivity index (χ0v) is 18.9. The van der Waals surface area contributed by atoms with Gasteiger partial charge in [-0.3, -0.25) is 0 Å². The Morgan fingerprint density at radius 3 is 2.38 bits per heavy atom. The van der Waals surface area contributed by atoms with Crippen LogP contribution in [0.2, 0.25) is 5.82 Å². The molecule has 4 heteroatoms. The molecule has 1 saturated heterocycles. The summed E-state index contributed by atoms with van der Waals surface area (Å²) in [6, 6.07) is 17.6. The van der Waals surface area contributed by atoms with Gasteiger partial charge in [-0.05, 0) is 68.3 Å². The van der Waals surface area contributed by atoms with Crippen LogP contribution in [0.15, 0.2) is 59.0 Å². The highest BCUT2D eigenvalue weighted by molar-refractivity contribution is 6.48. The first-order valence-corrected chi connectivity index (χ1v) is 11.5. The summed E-state index contributed by atoms with van der Waals surface area (Å²) >= 11 is 0. The third kappa shape index (κ3) is 2.29. The molecule has 2 aliphatic carbocycles. The first kappa shape index (κ1) is 18.7. The molecule has 158 valence electrons. The molecule has 1 aromatic heterocycles. The second-order valence-electron chi connectivity index (χ2n) is 10.4. The highest BCUT2D eigenvalue weighted by atomic mass is 16.7. The van der Waals surface area contributed by atoms with Gasteiger partial charge in [-0.15, -0.1) is 0 Å². The van der Waals surface area contributed by atoms with Crippen molar-refractivity contribution in [3.63, 3.8) is 0 Å². The summed E-state index contributed by atoms with van der Waals surface area (Å²) < 4.78 is 19.3. The van der Waals surface area contributed by atoms with Gasteiger partial charge in [0.05, 0.1) is 11.2 Å². The lowest BCUT2D eigenvalue weighted by atomic mass is 9.66. The summed E-state index contributed by atoms with van der Waals surface area (Å²) in [5.74, 6) is 1.12. The highest BCUT2D eigenvalue weighted by Gasteiger charge is 2.53. The van der Waals surface area contributed by atoms with E-state index in [1.807, 2.05) is 0 Å². The average molecular weight is 420 g/mol. The lowest BCUT2D eigenvalue weighted by Crippen LogP contribution is -2.41. The smallest absolute Gasteiger partial charge is 0.456 e. The van der Waals surface area contributed by atoms with E-state index in [-0.39, 0.29) is 24.1 Å². The summed E-state index contributed by atoms with van der Waals surface area (Å²) in [6.07, 6.45) is 5.17. The molecule has 3 nitrogen and oxygen atoms in total. The fourth-order valence-corrected chi connectivity index (χ4v) is 5.60. The summed E-state index contributed by atoms with van der Waals surface area (Å²) in [6.45, 7) is 8.45. The maximum atomic E-state index is 6.54. The van der Waals surface area contributed by atoms with Crippen LogP contribution < -0.4 is 0 Å². The van der Waals surface area contributed by atoms with Gasteiger partial charge in [-0.1, -0.05) is 48.5 Å². The number of hydrogen-bond acceptors (Lipinski definition) is 3. The van der Waals surface area contributed by atoms with Crippen molar-refractivity contribution in [2.45, 2.75) is 51.1 Å². The predicted molar refractivity (Wildman–Crippen MR) is 131 cm³/mol. The van der Waals surface area contributed by atoms with Gasteiger partial charge in [0.2, 0.25) is 0 Å².